The molecule has 28 heavy (non-hydrogen) atoms. The number of methoxy groups -OCH3 is 1. The highest BCUT2D eigenvalue weighted by Gasteiger charge is 2.23. The van der Waals surface area contributed by atoms with E-state index in [-0.39, 0.29) is 18.4 Å². The molecule has 0 bridgehead atoms. The van der Waals surface area contributed by atoms with Gasteiger partial charge in [-0.25, -0.2) is 0 Å². The second-order valence-electron chi connectivity index (χ2n) is 6.50. The molecule has 0 atom stereocenters. The van der Waals surface area contributed by atoms with Crippen molar-refractivity contribution in [3.8, 4) is 11.5 Å². The number of benzene rings is 2. The lowest BCUT2D eigenvalue weighted by molar-refractivity contribution is -0.133. The van der Waals surface area contributed by atoms with Crippen LogP contribution >= 0.6 is 11.6 Å². The van der Waals surface area contributed by atoms with Crippen LogP contribution in [0.5, 0.6) is 11.5 Å². The Morgan fingerprint density at radius 1 is 0.893 bits per heavy atom. The Hall–Kier alpha value is -2.73. The minimum atomic E-state index is -0.0892. The van der Waals surface area contributed by atoms with E-state index < -0.39 is 0 Å². The van der Waals surface area contributed by atoms with Crippen LogP contribution in [-0.2, 0) is 4.79 Å². The predicted octanol–water partition coefficient (Wildman–Crippen LogP) is 3.10. The van der Waals surface area contributed by atoms with Crippen molar-refractivity contribution in [2.24, 2.45) is 0 Å². The van der Waals surface area contributed by atoms with Crippen LogP contribution in [0.25, 0.3) is 0 Å². The van der Waals surface area contributed by atoms with Crippen molar-refractivity contribution in [1.82, 2.24) is 9.80 Å². The first-order valence-electron chi connectivity index (χ1n) is 9.16. The topological polar surface area (TPSA) is 59.1 Å². The highest BCUT2D eigenvalue weighted by molar-refractivity contribution is 6.30. The molecule has 0 N–H and O–H groups in total. The molecule has 2 aromatic carbocycles. The lowest BCUT2D eigenvalue weighted by Crippen LogP contribution is -2.39. The first-order chi connectivity index (χ1) is 13.6. The summed E-state index contributed by atoms with van der Waals surface area (Å²) in [6.07, 6.45) is 0.731. The van der Waals surface area contributed by atoms with E-state index >= 15 is 0 Å². The summed E-state index contributed by atoms with van der Waals surface area (Å²) in [6, 6.07) is 14.0. The number of hydrogen-bond donors (Lipinski definition) is 0. The van der Waals surface area contributed by atoms with Crippen molar-refractivity contribution < 1.29 is 19.1 Å². The molecule has 0 aliphatic carbocycles. The maximum Gasteiger partial charge on any atom is 0.260 e. The fourth-order valence-electron chi connectivity index (χ4n) is 3.05. The van der Waals surface area contributed by atoms with Crippen molar-refractivity contribution in [2.75, 3.05) is 39.9 Å². The molecule has 6 nitrogen and oxygen atoms in total. The first kappa shape index (κ1) is 20.0. The van der Waals surface area contributed by atoms with Crippen LogP contribution < -0.4 is 9.47 Å². The van der Waals surface area contributed by atoms with Gasteiger partial charge < -0.3 is 19.3 Å². The molecule has 0 spiro atoms. The summed E-state index contributed by atoms with van der Waals surface area (Å²) in [6.45, 7) is 2.18. The Labute approximate surface area is 169 Å². The van der Waals surface area contributed by atoms with Gasteiger partial charge >= 0.3 is 0 Å². The standard InChI is InChI=1S/C21H23ClN2O4/c1-27-18-7-3-16(4-8-18)21(26)24-12-2-11-23(13-14-24)20(25)15-28-19-9-5-17(22)6-10-19/h3-10H,2,11-15H2,1H3. The number of carbonyl (C=O) groups excluding carboxylic acids is 2. The highest BCUT2D eigenvalue weighted by Crippen LogP contribution is 2.17. The monoisotopic (exact) mass is 402 g/mol. The molecule has 0 aromatic heterocycles. The van der Waals surface area contributed by atoms with E-state index in [1.54, 1.807) is 65.4 Å². The van der Waals surface area contributed by atoms with Crippen LogP contribution in [0.15, 0.2) is 48.5 Å². The van der Waals surface area contributed by atoms with Gasteiger partial charge in [0.1, 0.15) is 11.5 Å². The highest BCUT2D eigenvalue weighted by atomic mass is 35.5. The Morgan fingerprint density at radius 3 is 2.18 bits per heavy atom. The smallest absolute Gasteiger partial charge is 0.260 e. The summed E-state index contributed by atoms with van der Waals surface area (Å²) in [7, 11) is 1.59. The van der Waals surface area contributed by atoms with Crippen molar-refractivity contribution in [1.29, 1.82) is 0 Å². The van der Waals surface area contributed by atoms with E-state index in [0.29, 0.717) is 48.3 Å². The maximum absolute atomic E-state index is 12.7. The van der Waals surface area contributed by atoms with Gasteiger partial charge in [0, 0.05) is 36.8 Å². The molecule has 2 aromatic rings. The average molecular weight is 403 g/mol. The molecule has 1 saturated heterocycles. The van der Waals surface area contributed by atoms with Crippen LogP contribution in [0.3, 0.4) is 0 Å². The molecule has 1 aliphatic heterocycles. The number of nitrogens with zero attached hydrogens (tertiary/aromatic N) is 2. The molecule has 0 radical (unpaired) electrons. The average Bonchev–Trinajstić information content (AvgIpc) is 2.99. The first-order valence-corrected chi connectivity index (χ1v) is 9.54. The molecular formula is C21H23ClN2O4. The number of rotatable bonds is 5. The summed E-state index contributed by atoms with van der Waals surface area (Å²) in [5.41, 5.74) is 0.617. The van der Waals surface area contributed by atoms with Gasteiger partial charge in [0.2, 0.25) is 0 Å². The van der Waals surface area contributed by atoms with Gasteiger partial charge in [-0.15, -0.1) is 0 Å². The summed E-state index contributed by atoms with van der Waals surface area (Å²) in [5.74, 6) is 1.19. The zero-order valence-electron chi connectivity index (χ0n) is 15.8. The summed E-state index contributed by atoms with van der Waals surface area (Å²) >= 11 is 5.84. The normalized spacial score (nSPS) is 14.4. The van der Waals surface area contributed by atoms with Gasteiger partial charge in [-0.05, 0) is 55.0 Å². The fourth-order valence-corrected chi connectivity index (χ4v) is 3.18. The minimum Gasteiger partial charge on any atom is -0.497 e. The van der Waals surface area contributed by atoms with E-state index in [1.165, 1.54) is 0 Å². The summed E-state index contributed by atoms with van der Waals surface area (Å²) in [4.78, 5) is 28.7. The Balaban J connectivity index is 1.52. The van der Waals surface area contributed by atoms with E-state index in [4.69, 9.17) is 21.1 Å². The Bertz CT molecular complexity index is 808. The number of ether oxygens (including phenoxy) is 2. The van der Waals surface area contributed by atoms with Crippen molar-refractivity contribution in [3.63, 3.8) is 0 Å². The van der Waals surface area contributed by atoms with E-state index in [9.17, 15) is 9.59 Å². The molecule has 1 heterocycles. The third kappa shape index (κ3) is 5.16. The van der Waals surface area contributed by atoms with E-state index in [0.717, 1.165) is 6.42 Å². The van der Waals surface area contributed by atoms with Gasteiger partial charge in [0.05, 0.1) is 7.11 Å². The number of hydrogen-bond acceptors (Lipinski definition) is 4. The van der Waals surface area contributed by atoms with Crippen LogP contribution in [0.4, 0.5) is 0 Å². The number of carbonyl (C=O) groups is 2. The summed E-state index contributed by atoms with van der Waals surface area (Å²) in [5, 5.41) is 0.618. The zero-order chi connectivity index (χ0) is 19.9. The molecule has 7 heteroatoms. The third-order valence-electron chi connectivity index (χ3n) is 4.65. The second-order valence-corrected chi connectivity index (χ2v) is 6.93. The van der Waals surface area contributed by atoms with Gasteiger partial charge in [-0.2, -0.15) is 0 Å². The van der Waals surface area contributed by atoms with Gasteiger partial charge in [-0.1, -0.05) is 11.6 Å². The second kappa shape index (κ2) is 9.46. The van der Waals surface area contributed by atoms with Crippen molar-refractivity contribution in [3.05, 3.63) is 59.1 Å². The van der Waals surface area contributed by atoms with Crippen LogP contribution in [0.1, 0.15) is 16.8 Å². The molecule has 1 fully saturated rings. The Kier molecular flexibility index (Phi) is 6.76. The fraction of sp³-hybridized carbons (Fsp3) is 0.333. The van der Waals surface area contributed by atoms with Crippen molar-refractivity contribution in [2.45, 2.75) is 6.42 Å². The predicted molar refractivity (Wildman–Crippen MR) is 107 cm³/mol. The molecule has 0 unspecified atom stereocenters. The third-order valence-corrected chi connectivity index (χ3v) is 4.90. The SMILES string of the molecule is COc1ccc(C(=O)N2CCCN(C(=O)COc3ccc(Cl)cc3)CC2)cc1. The number of halogens is 1. The summed E-state index contributed by atoms with van der Waals surface area (Å²) < 4.78 is 10.7. The largest absolute Gasteiger partial charge is 0.497 e. The molecule has 1 aliphatic rings. The lowest BCUT2D eigenvalue weighted by atomic mass is 10.2. The lowest BCUT2D eigenvalue weighted by Gasteiger charge is -2.22. The van der Waals surface area contributed by atoms with Crippen LogP contribution in [-0.4, -0.2) is 61.5 Å². The molecule has 148 valence electrons. The quantitative estimate of drug-likeness (QED) is 0.771. The number of amides is 2. The zero-order valence-corrected chi connectivity index (χ0v) is 16.5. The van der Waals surface area contributed by atoms with E-state index in [1.807, 2.05) is 0 Å². The minimum absolute atomic E-state index is 0.0330. The van der Waals surface area contributed by atoms with Crippen LogP contribution in [0.2, 0.25) is 5.02 Å². The van der Waals surface area contributed by atoms with Gasteiger partial charge in [-0.3, -0.25) is 9.59 Å². The van der Waals surface area contributed by atoms with Crippen molar-refractivity contribution >= 4 is 23.4 Å². The van der Waals surface area contributed by atoms with E-state index in [2.05, 4.69) is 0 Å². The van der Waals surface area contributed by atoms with Gasteiger partial charge in [0.15, 0.2) is 6.61 Å². The molecular weight excluding hydrogens is 380 g/mol. The van der Waals surface area contributed by atoms with Crippen LogP contribution in [0, 0.1) is 0 Å². The molecule has 3 rings (SSSR count). The van der Waals surface area contributed by atoms with Gasteiger partial charge in [0.25, 0.3) is 11.8 Å². The Morgan fingerprint density at radius 2 is 1.50 bits per heavy atom. The molecule has 2 amide bonds. The maximum atomic E-state index is 12.7. The molecule has 0 saturated carbocycles.